The summed E-state index contributed by atoms with van der Waals surface area (Å²) in [5, 5.41) is 0. The number of benzene rings is 2. The number of carbonyl (C=O) groups excluding carboxylic acids is 3. The highest BCUT2D eigenvalue weighted by Crippen LogP contribution is 2.23. The van der Waals surface area contributed by atoms with Gasteiger partial charge in [0.05, 0.1) is 11.7 Å². The van der Waals surface area contributed by atoms with Gasteiger partial charge in [0.15, 0.2) is 0 Å². The van der Waals surface area contributed by atoms with Crippen molar-refractivity contribution < 1.29 is 19.1 Å². The van der Waals surface area contributed by atoms with E-state index in [9.17, 15) is 14.4 Å². The average Bonchev–Trinajstić information content (AvgIpc) is 3.43. The number of hydrogen-bond donors (Lipinski definition) is 1. The zero-order valence-corrected chi connectivity index (χ0v) is 22.0. The van der Waals surface area contributed by atoms with E-state index < -0.39 is 6.10 Å². The van der Waals surface area contributed by atoms with Crippen molar-refractivity contribution >= 4 is 17.7 Å². The Morgan fingerprint density at radius 1 is 1.05 bits per heavy atom. The molecule has 0 radical (unpaired) electrons. The molecule has 0 saturated carbocycles. The Labute approximate surface area is 223 Å². The Hall–Kier alpha value is -3.98. The van der Waals surface area contributed by atoms with Crippen molar-refractivity contribution in [2.24, 2.45) is 0 Å². The Morgan fingerprint density at radius 3 is 2.50 bits per heavy atom. The highest BCUT2D eigenvalue weighted by Gasteiger charge is 2.32. The number of amides is 3. The number of carbonyl (C=O) groups is 3. The highest BCUT2D eigenvalue weighted by atomic mass is 16.5. The lowest BCUT2D eigenvalue weighted by atomic mass is 10.1. The second-order valence-corrected chi connectivity index (χ2v) is 9.24. The second-order valence-electron chi connectivity index (χ2n) is 9.24. The van der Waals surface area contributed by atoms with Gasteiger partial charge in [-0.15, -0.1) is 0 Å². The highest BCUT2D eigenvalue weighted by molar-refractivity contribution is 6.01. The first kappa shape index (κ1) is 27.1. The van der Waals surface area contributed by atoms with E-state index in [0.29, 0.717) is 49.6 Å². The number of likely N-dealkylation sites (N-methyl/N-ethyl adjacent to an activating group) is 1. The van der Waals surface area contributed by atoms with Gasteiger partial charge in [-0.05, 0) is 31.9 Å². The summed E-state index contributed by atoms with van der Waals surface area (Å²) in [5.41, 5.74) is 2.24. The maximum Gasteiger partial charge on any atom is 0.255 e. The van der Waals surface area contributed by atoms with Crippen LogP contribution in [0.3, 0.4) is 0 Å². The second kappa shape index (κ2) is 13.0. The molecule has 1 fully saturated rings. The van der Waals surface area contributed by atoms with Gasteiger partial charge in [-0.3, -0.25) is 14.4 Å². The lowest BCUT2D eigenvalue weighted by Gasteiger charge is -2.26. The molecule has 1 saturated heterocycles. The summed E-state index contributed by atoms with van der Waals surface area (Å²) < 4.78 is 6.06. The maximum absolute atomic E-state index is 13.8. The first-order valence-electron chi connectivity index (χ1n) is 13.1. The minimum Gasteiger partial charge on any atom is -0.365 e. The van der Waals surface area contributed by atoms with Crippen LogP contribution in [-0.4, -0.2) is 94.4 Å². The van der Waals surface area contributed by atoms with Crippen LogP contribution in [0.25, 0.3) is 11.4 Å². The fourth-order valence-corrected chi connectivity index (χ4v) is 4.68. The molecule has 1 aromatic heterocycles. The SMILES string of the molecule is CCN(CC)C(=O)CO[C@H]1CN(CCc2ccccc2)C(=O)CN(C(=O)c2ccccc2-c2ncc[nH]2)C1. The molecule has 9 heteroatoms. The average molecular weight is 518 g/mol. The van der Waals surface area contributed by atoms with Crippen LogP contribution < -0.4 is 0 Å². The van der Waals surface area contributed by atoms with Crippen LogP contribution in [0, 0.1) is 0 Å². The summed E-state index contributed by atoms with van der Waals surface area (Å²) >= 11 is 0. The molecule has 0 aliphatic carbocycles. The predicted molar refractivity (Wildman–Crippen MR) is 144 cm³/mol. The molecule has 0 spiro atoms. The van der Waals surface area contributed by atoms with E-state index in [-0.39, 0.29) is 37.4 Å². The monoisotopic (exact) mass is 517 g/mol. The molecule has 1 atom stereocenters. The summed E-state index contributed by atoms with van der Waals surface area (Å²) in [6.07, 6.45) is 3.52. The smallest absolute Gasteiger partial charge is 0.255 e. The number of hydrogen-bond acceptors (Lipinski definition) is 5. The van der Waals surface area contributed by atoms with E-state index in [4.69, 9.17) is 4.74 Å². The molecule has 4 rings (SSSR count). The van der Waals surface area contributed by atoms with E-state index in [1.807, 2.05) is 56.3 Å². The molecule has 200 valence electrons. The van der Waals surface area contributed by atoms with Crippen molar-refractivity contribution in [1.82, 2.24) is 24.7 Å². The van der Waals surface area contributed by atoms with Crippen molar-refractivity contribution in [1.29, 1.82) is 0 Å². The normalized spacial score (nSPS) is 15.8. The summed E-state index contributed by atoms with van der Waals surface area (Å²) in [7, 11) is 0. The number of nitrogens with one attached hydrogen (secondary N) is 1. The van der Waals surface area contributed by atoms with Crippen LogP contribution in [0.4, 0.5) is 0 Å². The van der Waals surface area contributed by atoms with Crippen molar-refractivity contribution in [3.05, 3.63) is 78.1 Å². The lowest BCUT2D eigenvalue weighted by Crippen LogP contribution is -2.41. The maximum atomic E-state index is 13.8. The lowest BCUT2D eigenvalue weighted by molar-refractivity contribution is -0.138. The largest absolute Gasteiger partial charge is 0.365 e. The van der Waals surface area contributed by atoms with Gasteiger partial charge >= 0.3 is 0 Å². The molecule has 3 aromatic rings. The van der Waals surface area contributed by atoms with Crippen molar-refractivity contribution in [2.75, 3.05) is 45.9 Å². The molecule has 9 nitrogen and oxygen atoms in total. The predicted octanol–water partition coefficient (Wildman–Crippen LogP) is 2.86. The van der Waals surface area contributed by atoms with Gasteiger partial charge in [-0.1, -0.05) is 48.5 Å². The van der Waals surface area contributed by atoms with Crippen LogP contribution in [0.2, 0.25) is 0 Å². The van der Waals surface area contributed by atoms with Crippen LogP contribution in [0.1, 0.15) is 29.8 Å². The third kappa shape index (κ3) is 6.66. The Kier molecular flexibility index (Phi) is 9.26. The van der Waals surface area contributed by atoms with Crippen LogP contribution in [-0.2, 0) is 20.7 Å². The van der Waals surface area contributed by atoms with E-state index >= 15 is 0 Å². The number of aromatic nitrogens is 2. The summed E-state index contributed by atoms with van der Waals surface area (Å²) in [6, 6.07) is 17.2. The third-order valence-electron chi connectivity index (χ3n) is 6.80. The molecule has 0 bridgehead atoms. The minimum atomic E-state index is -0.503. The Morgan fingerprint density at radius 2 is 1.79 bits per heavy atom. The van der Waals surface area contributed by atoms with Crippen LogP contribution in [0.5, 0.6) is 0 Å². The van der Waals surface area contributed by atoms with Crippen LogP contribution >= 0.6 is 0 Å². The van der Waals surface area contributed by atoms with Crippen molar-refractivity contribution in [2.45, 2.75) is 26.4 Å². The molecule has 1 N–H and O–H groups in total. The third-order valence-corrected chi connectivity index (χ3v) is 6.80. The van der Waals surface area contributed by atoms with Gasteiger partial charge in [-0.25, -0.2) is 4.98 Å². The summed E-state index contributed by atoms with van der Waals surface area (Å²) in [5.74, 6) is 0.0458. The topological polar surface area (TPSA) is 98.8 Å². The standard InChI is InChI=1S/C29H35N5O4/c1-3-32(4-2)27(36)21-38-23-18-33(17-14-22-10-6-5-7-11-22)26(35)20-34(19-23)29(37)25-13-9-8-12-24(25)28-30-15-16-31-28/h5-13,15-16,23H,3-4,14,17-21H2,1-2H3,(H,30,31)/t23-/m0/s1. The van der Waals surface area contributed by atoms with Crippen molar-refractivity contribution in [3.8, 4) is 11.4 Å². The number of aromatic amines is 1. The number of H-pyrrole nitrogens is 1. The summed E-state index contributed by atoms with van der Waals surface area (Å²) in [6.45, 7) is 5.88. The number of imidazole rings is 1. The van der Waals surface area contributed by atoms with Gasteiger partial charge in [-0.2, -0.15) is 0 Å². The van der Waals surface area contributed by atoms with E-state index in [1.54, 1.807) is 34.3 Å². The number of ether oxygens (including phenoxy) is 1. The van der Waals surface area contributed by atoms with E-state index in [2.05, 4.69) is 9.97 Å². The molecule has 1 aliphatic rings. The first-order chi connectivity index (χ1) is 18.5. The molecule has 3 amide bonds. The van der Waals surface area contributed by atoms with Crippen LogP contribution in [0.15, 0.2) is 67.0 Å². The zero-order chi connectivity index (χ0) is 26.9. The molecule has 1 aliphatic heterocycles. The number of nitrogens with zero attached hydrogens (tertiary/aromatic N) is 4. The van der Waals surface area contributed by atoms with E-state index in [0.717, 1.165) is 5.56 Å². The van der Waals surface area contributed by atoms with Gasteiger partial charge in [0, 0.05) is 50.7 Å². The Bertz CT molecular complexity index is 1210. The molecule has 0 unspecified atom stereocenters. The molecular weight excluding hydrogens is 482 g/mol. The molecule has 38 heavy (non-hydrogen) atoms. The minimum absolute atomic E-state index is 0.0655. The van der Waals surface area contributed by atoms with E-state index in [1.165, 1.54) is 4.90 Å². The Balaban J connectivity index is 1.55. The van der Waals surface area contributed by atoms with Gasteiger partial charge < -0.3 is 24.4 Å². The van der Waals surface area contributed by atoms with Crippen molar-refractivity contribution in [3.63, 3.8) is 0 Å². The fourth-order valence-electron chi connectivity index (χ4n) is 4.68. The number of rotatable bonds is 10. The van der Waals surface area contributed by atoms with Gasteiger partial charge in [0.25, 0.3) is 5.91 Å². The molecule has 2 aromatic carbocycles. The quantitative estimate of drug-likeness (QED) is 0.446. The fraction of sp³-hybridized carbons (Fsp3) is 0.379. The molecular formula is C29H35N5O4. The van der Waals surface area contributed by atoms with Gasteiger partial charge in [0.1, 0.15) is 19.0 Å². The summed E-state index contributed by atoms with van der Waals surface area (Å²) in [4.78, 5) is 52.1. The van der Waals surface area contributed by atoms with Gasteiger partial charge in [0.2, 0.25) is 11.8 Å². The first-order valence-corrected chi connectivity index (χ1v) is 13.1. The zero-order valence-electron chi connectivity index (χ0n) is 22.0. The molecule has 2 heterocycles.